The molecule has 3 N–H and O–H groups in total. The molecule has 0 aromatic carbocycles. The van der Waals surface area contributed by atoms with Crippen LogP contribution in [0, 0.1) is 0 Å². The Morgan fingerprint density at radius 1 is 0.264 bits per heavy atom. The van der Waals surface area contributed by atoms with Crippen LogP contribution in [0.25, 0.3) is 0 Å². The number of carbonyl (C=O) groups is 4. The fourth-order valence-electron chi connectivity index (χ4n) is 9.92. The van der Waals surface area contributed by atoms with Gasteiger partial charge in [-0.3, -0.25) is 37.3 Å². The number of rotatable bonds is 73. The van der Waals surface area contributed by atoms with Crippen LogP contribution in [0.3, 0.4) is 0 Å². The molecule has 17 nitrogen and oxygen atoms in total. The molecule has 5 unspecified atom stereocenters. The second kappa shape index (κ2) is 77.3. The standard InChI is InChI=1S/C87H140O17P2/c1-5-9-13-17-21-25-29-33-37-39-40-42-46-48-52-56-60-64-68-72-85(90)98-78-83(104-87(92)74-70-66-62-58-54-50-44-36-32-28-24-20-16-12-8-4)80-102-106(95,96)100-76-81(88)75-99-105(93,94)101-79-82(103-86(91)73-69-65-61-57-53-49-43-35-31-27-23-19-15-11-7-3)77-97-84(89)71-67-63-59-55-51-47-45-41-38-34-30-26-22-18-14-10-6-2/h9-16,21-28,33-38,40,42-45,47,55,59,81-83,88H,5-8,17-20,29-32,39,41,46,48-54,56-58,60-80H2,1-4H3,(H,93,94)(H,95,96)/b13-9-,14-10-,15-11-,16-12-,25-21-,26-22-,27-23-,28-24-,37-33-,38-34-,42-40-,43-35-,44-36-,47-45-,59-55-. The van der Waals surface area contributed by atoms with E-state index < -0.39 is 97.5 Å². The molecule has 0 bridgehead atoms. The zero-order valence-corrected chi connectivity index (χ0v) is 67.3. The van der Waals surface area contributed by atoms with Gasteiger partial charge in [0.15, 0.2) is 12.2 Å². The lowest BCUT2D eigenvalue weighted by atomic mass is 10.1. The number of allylic oxidation sites excluding steroid dienone is 30. The highest BCUT2D eigenvalue weighted by atomic mass is 31.2. The highest BCUT2D eigenvalue weighted by Gasteiger charge is 2.30. The van der Waals surface area contributed by atoms with Crippen LogP contribution in [0.2, 0.25) is 0 Å². The van der Waals surface area contributed by atoms with Crippen molar-refractivity contribution in [2.45, 2.75) is 303 Å². The minimum atomic E-state index is -5.01. The van der Waals surface area contributed by atoms with Crippen molar-refractivity contribution in [1.82, 2.24) is 0 Å². The summed E-state index contributed by atoms with van der Waals surface area (Å²) in [5, 5.41) is 10.6. The van der Waals surface area contributed by atoms with E-state index in [9.17, 15) is 43.2 Å². The van der Waals surface area contributed by atoms with Gasteiger partial charge in [0.25, 0.3) is 0 Å². The van der Waals surface area contributed by atoms with Gasteiger partial charge in [-0.15, -0.1) is 0 Å². The Hall–Kier alpha value is -5.84. The molecule has 0 saturated carbocycles. The maximum Gasteiger partial charge on any atom is 0.472 e. The molecule has 0 aromatic rings. The first-order valence-corrected chi connectivity index (χ1v) is 43.0. The molecule has 0 spiro atoms. The van der Waals surface area contributed by atoms with Crippen molar-refractivity contribution < 1.29 is 80.2 Å². The van der Waals surface area contributed by atoms with Gasteiger partial charge in [-0.05, 0) is 167 Å². The minimum Gasteiger partial charge on any atom is -0.462 e. The number of phosphoric acid groups is 2. The van der Waals surface area contributed by atoms with E-state index in [0.717, 1.165) is 199 Å². The Kier molecular flexibility index (Phi) is 73.1. The largest absolute Gasteiger partial charge is 0.472 e. The van der Waals surface area contributed by atoms with Crippen LogP contribution < -0.4 is 0 Å². The molecule has 0 fully saturated rings. The summed E-state index contributed by atoms with van der Waals surface area (Å²) in [4.78, 5) is 73.1. The third kappa shape index (κ3) is 76.4. The maximum atomic E-state index is 13.1. The van der Waals surface area contributed by atoms with Crippen LogP contribution in [-0.4, -0.2) is 96.7 Å². The Morgan fingerprint density at radius 2 is 0.472 bits per heavy atom. The number of unbranched alkanes of at least 4 members (excludes halogenated alkanes) is 17. The summed E-state index contributed by atoms with van der Waals surface area (Å²) >= 11 is 0. The zero-order valence-electron chi connectivity index (χ0n) is 65.5. The van der Waals surface area contributed by atoms with E-state index in [2.05, 4.69) is 198 Å². The van der Waals surface area contributed by atoms with Gasteiger partial charge in [0.05, 0.1) is 26.4 Å². The Labute approximate surface area is 641 Å². The smallest absolute Gasteiger partial charge is 0.462 e. The molecule has 0 heterocycles. The Morgan fingerprint density at radius 3 is 0.745 bits per heavy atom. The molecule has 0 radical (unpaired) electrons. The number of carbonyl (C=O) groups excluding carboxylic acids is 4. The lowest BCUT2D eigenvalue weighted by Crippen LogP contribution is -2.30. The highest BCUT2D eigenvalue weighted by Crippen LogP contribution is 2.45. The molecule has 0 aliphatic carbocycles. The third-order valence-corrected chi connectivity index (χ3v) is 17.8. The van der Waals surface area contributed by atoms with Crippen LogP contribution in [0.5, 0.6) is 0 Å². The number of hydrogen-bond acceptors (Lipinski definition) is 15. The van der Waals surface area contributed by atoms with Crippen molar-refractivity contribution in [3.63, 3.8) is 0 Å². The van der Waals surface area contributed by atoms with Crippen LogP contribution in [0.15, 0.2) is 182 Å². The molecular weight excluding hydrogens is 1380 g/mol. The summed E-state index contributed by atoms with van der Waals surface area (Å²) in [6.45, 7) is 4.29. The molecular formula is C87H140O17P2. The van der Waals surface area contributed by atoms with Gasteiger partial charge in [-0.2, -0.15) is 0 Å². The fourth-order valence-corrected chi connectivity index (χ4v) is 11.5. The van der Waals surface area contributed by atoms with Crippen molar-refractivity contribution in [2.75, 3.05) is 39.6 Å². The van der Waals surface area contributed by atoms with E-state index in [4.69, 9.17) is 37.0 Å². The summed E-state index contributed by atoms with van der Waals surface area (Å²) < 4.78 is 68.6. The van der Waals surface area contributed by atoms with Crippen molar-refractivity contribution >= 4 is 39.5 Å². The summed E-state index contributed by atoms with van der Waals surface area (Å²) in [7, 11) is -10.0. The first-order valence-electron chi connectivity index (χ1n) is 40.0. The second-order valence-corrected chi connectivity index (χ2v) is 28.7. The summed E-state index contributed by atoms with van der Waals surface area (Å²) in [5.41, 5.74) is 0. The van der Waals surface area contributed by atoms with E-state index in [0.29, 0.717) is 32.1 Å². The van der Waals surface area contributed by atoms with Crippen LogP contribution in [0.1, 0.15) is 285 Å². The molecule has 5 atom stereocenters. The molecule has 19 heteroatoms. The van der Waals surface area contributed by atoms with Crippen molar-refractivity contribution in [3.05, 3.63) is 182 Å². The zero-order chi connectivity index (χ0) is 77.4. The number of phosphoric ester groups is 2. The lowest BCUT2D eigenvalue weighted by molar-refractivity contribution is -0.161. The highest BCUT2D eigenvalue weighted by molar-refractivity contribution is 7.47. The Bertz CT molecular complexity index is 2730. The van der Waals surface area contributed by atoms with E-state index in [1.807, 2.05) is 12.2 Å². The van der Waals surface area contributed by atoms with Gasteiger partial charge in [-0.1, -0.05) is 274 Å². The molecule has 0 amide bonds. The van der Waals surface area contributed by atoms with Crippen molar-refractivity contribution in [1.29, 1.82) is 0 Å². The molecule has 0 aliphatic rings. The normalized spacial score (nSPS) is 14.8. The Balaban J connectivity index is 5.46. The SMILES string of the molecule is CC/C=C\C/C=C\C/C=C\C/C=C\C/C=C\CCCC(=O)OCC(COP(=O)(O)OCC(O)COP(=O)(O)OCC(COC(=O)CCCCCCCC/C=C\C/C=C\C/C=C\C/C=C\CC)OC(=O)CCCCCCC/C=C\C/C=C\C/C=C\CC)OC(=O)CCCCCCC/C=C\C/C=C\C/C=C\CC. The third-order valence-electron chi connectivity index (χ3n) is 15.9. The van der Waals surface area contributed by atoms with E-state index in [1.54, 1.807) is 0 Å². The fraction of sp³-hybridized carbons (Fsp3) is 0.609. The summed E-state index contributed by atoms with van der Waals surface area (Å²) in [5.74, 6) is -2.31. The average molecular weight is 1520 g/mol. The molecule has 106 heavy (non-hydrogen) atoms. The van der Waals surface area contributed by atoms with E-state index >= 15 is 0 Å². The van der Waals surface area contributed by atoms with Gasteiger partial charge in [0, 0.05) is 25.7 Å². The van der Waals surface area contributed by atoms with Crippen LogP contribution >= 0.6 is 15.6 Å². The number of aliphatic hydroxyl groups is 1. The number of esters is 4. The quantitative estimate of drug-likeness (QED) is 0.0169. The van der Waals surface area contributed by atoms with E-state index in [1.165, 1.54) is 0 Å². The van der Waals surface area contributed by atoms with Gasteiger partial charge in [0.1, 0.15) is 19.3 Å². The lowest BCUT2D eigenvalue weighted by Gasteiger charge is -2.21. The van der Waals surface area contributed by atoms with Crippen molar-refractivity contribution in [2.24, 2.45) is 0 Å². The number of ether oxygens (including phenoxy) is 4. The summed E-state index contributed by atoms with van der Waals surface area (Å²) in [6, 6.07) is 0. The van der Waals surface area contributed by atoms with E-state index in [-0.39, 0.29) is 25.7 Å². The van der Waals surface area contributed by atoms with Gasteiger partial charge in [-0.25, -0.2) is 9.13 Å². The van der Waals surface area contributed by atoms with Crippen LogP contribution in [0.4, 0.5) is 0 Å². The average Bonchev–Trinajstić information content (AvgIpc) is 0.928. The van der Waals surface area contributed by atoms with Crippen molar-refractivity contribution in [3.8, 4) is 0 Å². The molecule has 0 aliphatic heterocycles. The topological polar surface area (TPSA) is 237 Å². The number of aliphatic hydroxyl groups excluding tert-OH is 1. The summed E-state index contributed by atoms with van der Waals surface area (Å²) in [6.07, 6.45) is 93.0. The minimum absolute atomic E-state index is 0.0560. The predicted octanol–water partition coefficient (Wildman–Crippen LogP) is 23.6. The number of hydrogen-bond donors (Lipinski definition) is 3. The maximum absolute atomic E-state index is 13.1. The van der Waals surface area contributed by atoms with Gasteiger partial charge in [0.2, 0.25) is 0 Å². The predicted molar refractivity (Wildman–Crippen MR) is 436 cm³/mol. The van der Waals surface area contributed by atoms with Gasteiger partial charge < -0.3 is 33.8 Å². The molecule has 0 saturated heterocycles. The monoisotopic (exact) mass is 1520 g/mol. The molecule has 600 valence electrons. The van der Waals surface area contributed by atoms with Gasteiger partial charge >= 0.3 is 39.5 Å². The molecule has 0 aromatic heterocycles. The van der Waals surface area contributed by atoms with Crippen LogP contribution in [-0.2, 0) is 65.4 Å². The first-order chi connectivity index (χ1) is 51.7. The second-order valence-electron chi connectivity index (χ2n) is 25.8. The first kappa shape index (κ1) is 100. The molecule has 0 rings (SSSR count).